The molecule has 0 radical (unpaired) electrons. The number of benzene rings is 2. The normalized spacial score (nSPS) is 13.6. The molecule has 0 saturated heterocycles. The van der Waals surface area contributed by atoms with Crippen LogP contribution in [0.15, 0.2) is 55.0 Å². The number of anilines is 2. The second kappa shape index (κ2) is 6.66. The van der Waals surface area contributed by atoms with Crippen molar-refractivity contribution in [2.45, 2.75) is 25.7 Å². The molecule has 0 spiro atoms. The van der Waals surface area contributed by atoms with Crippen LogP contribution >= 0.6 is 0 Å². The maximum absolute atomic E-state index is 14.5. The van der Waals surface area contributed by atoms with Gasteiger partial charge in [0.2, 0.25) is 5.95 Å². The van der Waals surface area contributed by atoms with Crippen LogP contribution in [-0.2, 0) is 12.8 Å². The van der Waals surface area contributed by atoms with Crippen LogP contribution in [0, 0.1) is 5.82 Å². The number of imidazole rings is 1. The summed E-state index contributed by atoms with van der Waals surface area (Å²) in [4.78, 5) is 16.4. The first kappa shape index (κ1) is 17.1. The molecule has 5 aromatic rings. The second-order valence-electron chi connectivity index (χ2n) is 7.64. The van der Waals surface area contributed by atoms with Gasteiger partial charge in [-0.2, -0.15) is 4.98 Å². The van der Waals surface area contributed by atoms with Crippen LogP contribution in [0.3, 0.4) is 0 Å². The first-order valence-corrected chi connectivity index (χ1v) is 10.1. The van der Waals surface area contributed by atoms with E-state index in [1.807, 2.05) is 30.3 Å². The lowest BCUT2D eigenvalue weighted by Gasteiger charge is -2.10. The molecular weight excluding hydrogens is 379 g/mol. The average Bonchev–Trinajstić information content (AvgIpc) is 3.36. The Morgan fingerprint density at radius 1 is 1.03 bits per heavy atom. The summed E-state index contributed by atoms with van der Waals surface area (Å²) < 4.78 is 16.2. The van der Waals surface area contributed by atoms with E-state index in [2.05, 4.69) is 37.4 Å². The molecule has 1 aliphatic rings. The molecule has 148 valence electrons. The maximum atomic E-state index is 14.5. The van der Waals surface area contributed by atoms with Gasteiger partial charge in [0.05, 0.1) is 17.2 Å². The Morgan fingerprint density at radius 2 is 1.93 bits per heavy atom. The zero-order valence-electron chi connectivity index (χ0n) is 16.2. The Morgan fingerprint density at radius 3 is 2.90 bits per heavy atom. The zero-order chi connectivity index (χ0) is 20.1. The predicted octanol–water partition coefficient (Wildman–Crippen LogP) is 5.06. The molecule has 0 bridgehead atoms. The Kier molecular flexibility index (Phi) is 3.80. The highest BCUT2D eigenvalue weighted by Crippen LogP contribution is 2.31. The maximum Gasteiger partial charge on any atom is 0.229 e. The number of hydrogen-bond acceptors (Lipinski definition) is 4. The number of para-hydroxylation sites is 2. The van der Waals surface area contributed by atoms with Crippen molar-refractivity contribution in [3.8, 4) is 5.82 Å². The SMILES string of the molecule is Fc1cnc(Nc2ccc3c4c([nH]c3c2)CCCC4)nc1-n1cnc2ccccc21. The van der Waals surface area contributed by atoms with E-state index in [4.69, 9.17) is 0 Å². The summed E-state index contributed by atoms with van der Waals surface area (Å²) in [7, 11) is 0. The van der Waals surface area contributed by atoms with Gasteiger partial charge >= 0.3 is 0 Å². The monoisotopic (exact) mass is 398 g/mol. The number of nitrogens with one attached hydrogen (secondary N) is 2. The summed E-state index contributed by atoms with van der Waals surface area (Å²) in [5.41, 5.74) is 6.32. The summed E-state index contributed by atoms with van der Waals surface area (Å²) in [5, 5.41) is 4.49. The summed E-state index contributed by atoms with van der Waals surface area (Å²) in [6.07, 6.45) is 7.48. The van der Waals surface area contributed by atoms with E-state index >= 15 is 0 Å². The first-order chi connectivity index (χ1) is 14.8. The third kappa shape index (κ3) is 2.74. The predicted molar refractivity (Wildman–Crippen MR) is 115 cm³/mol. The zero-order valence-corrected chi connectivity index (χ0v) is 16.2. The van der Waals surface area contributed by atoms with E-state index in [0.717, 1.165) is 35.1 Å². The van der Waals surface area contributed by atoms with E-state index in [-0.39, 0.29) is 5.82 Å². The highest BCUT2D eigenvalue weighted by Gasteiger charge is 2.16. The van der Waals surface area contributed by atoms with Crippen LogP contribution in [0.25, 0.3) is 27.8 Å². The van der Waals surface area contributed by atoms with Crippen LogP contribution in [0.4, 0.5) is 16.0 Å². The highest BCUT2D eigenvalue weighted by molar-refractivity contribution is 5.88. The van der Waals surface area contributed by atoms with Crippen molar-refractivity contribution >= 4 is 33.6 Å². The summed E-state index contributed by atoms with van der Waals surface area (Å²) in [5.74, 6) is -0.00587. The number of rotatable bonds is 3. The lowest BCUT2D eigenvalue weighted by molar-refractivity contribution is 0.604. The average molecular weight is 398 g/mol. The van der Waals surface area contributed by atoms with E-state index in [1.165, 1.54) is 35.7 Å². The van der Waals surface area contributed by atoms with Crippen molar-refractivity contribution in [3.05, 3.63) is 72.1 Å². The molecule has 3 heterocycles. The molecule has 0 unspecified atom stereocenters. The Bertz CT molecular complexity index is 1400. The highest BCUT2D eigenvalue weighted by atomic mass is 19.1. The molecule has 1 aliphatic carbocycles. The van der Waals surface area contributed by atoms with Gasteiger partial charge in [-0.3, -0.25) is 4.57 Å². The molecule has 2 aromatic carbocycles. The number of hydrogen-bond donors (Lipinski definition) is 2. The smallest absolute Gasteiger partial charge is 0.229 e. The van der Waals surface area contributed by atoms with Gasteiger partial charge in [-0.25, -0.2) is 14.4 Å². The van der Waals surface area contributed by atoms with Gasteiger partial charge in [0.1, 0.15) is 6.33 Å². The Balaban J connectivity index is 1.37. The molecule has 6 nitrogen and oxygen atoms in total. The van der Waals surface area contributed by atoms with Crippen molar-refractivity contribution in [2.75, 3.05) is 5.32 Å². The molecule has 30 heavy (non-hydrogen) atoms. The molecule has 2 N–H and O–H groups in total. The number of aromatic amines is 1. The number of aryl methyl sites for hydroxylation is 2. The lowest BCUT2D eigenvalue weighted by atomic mass is 9.96. The number of aromatic nitrogens is 5. The molecule has 0 fully saturated rings. The van der Waals surface area contributed by atoms with E-state index in [0.29, 0.717) is 5.95 Å². The number of nitrogens with zero attached hydrogens (tertiary/aromatic N) is 4. The molecule has 0 aliphatic heterocycles. The third-order valence-electron chi connectivity index (χ3n) is 5.76. The summed E-state index contributed by atoms with van der Waals surface area (Å²) in [6, 6.07) is 13.8. The van der Waals surface area contributed by atoms with E-state index < -0.39 is 5.82 Å². The summed E-state index contributed by atoms with van der Waals surface area (Å²) in [6.45, 7) is 0. The molecular formula is C23H19FN6. The number of fused-ring (bicyclic) bond motifs is 4. The van der Waals surface area contributed by atoms with E-state index in [1.54, 1.807) is 10.9 Å². The molecule has 7 heteroatoms. The van der Waals surface area contributed by atoms with Crippen molar-refractivity contribution in [3.63, 3.8) is 0 Å². The van der Waals surface area contributed by atoms with Gasteiger partial charge in [-0.15, -0.1) is 0 Å². The Labute approximate surface area is 171 Å². The van der Waals surface area contributed by atoms with Crippen molar-refractivity contribution in [1.29, 1.82) is 0 Å². The van der Waals surface area contributed by atoms with Gasteiger partial charge in [0.25, 0.3) is 0 Å². The summed E-state index contributed by atoms with van der Waals surface area (Å²) >= 11 is 0. The Hall–Kier alpha value is -3.74. The molecule has 0 amide bonds. The van der Waals surface area contributed by atoms with Crippen molar-refractivity contribution in [2.24, 2.45) is 0 Å². The number of H-pyrrole nitrogens is 1. The molecule has 3 aromatic heterocycles. The minimum Gasteiger partial charge on any atom is -0.358 e. The van der Waals surface area contributed by atoms with Gasteiger partial charge in [-0.1, -0.05) is 18.2 Å². The van der Waals surface area contributed by atoms with E-state index in [9.17, 15) is 4.39 Å². The fourth-order valence-electron chi connectivity index (χ4n) is 4.34. The topological polar surface area (TPSA) is 71.4 Å². The molecule has 0 atom stereocenters. The molecule has 6 rings (SSSR count). The second-order valence-corrected chi connectivity index (χ2v) is 7.64. The van der Waals surface area contributed by atoms with Gasteiger partial charge in [0, 0.05) is 22.3 Å². The van der Waals surface area contributed by atoms with Crippen molar-refractivity contribution < 1.29 is 4.39 Å². The van der Waals surface area contributed by atoms with Crippen LogP contribution < -0.4 is 5.32 Å². The van der Waals surface area contributed by atoms with Gasteiger partial charge < -0.3 is 10.3 Å². The third-order valence-corrected chi connectivity index (χ3v) is 5.76. The fraction of sp³-hybridized carbons (Fsp3) is 0.174. The molecule has 0 saturated carbocycles. The minimum atomic E-state index is -0.504. The van der Waals surface area contributed by atoms with Crippen LogP contribution in [0.1, 0.15) is 24.1 Å². The van der Waals surface area contributed by atoms with Gasteiger partial charge in [0.15, 0.2) is 11.6 Å². The quantitative estimate of drug-likeness (QED) is 0.446. The first-order valence-electron chi connectivity index (χ1n) is 10.1. The van der Waals surface area contributed by atoms with Gasteiger partial charge in [-0.05, 0) is 55.5 Å². The minimum absolute atomic E-state index is 0.164. The van der Waals surface area contributed by atoms with Crippen LogP contribution in [-0.4, -0.2) is 24.5 Å². The lowest BCUT2D eigenvalue weighted by Crippen LogP contribution is -2.05. The number of halogens is 1. The van der Waals surface area contributed by atoms with Crippen LogP contribution in [0.5, 0.6) is 0 Å². The van der Waals surface area contributed by atoms with Crippen molar-refractivity contribution in [1.82, 2.24) is 24.5 Å². The van der Waals surface area contributed by atoms with Crippen LogP contribution in [0.2, 0.25) is 0 Å². The standard InChI is InChI=1S/C23H19FN6/c24-17-12-25-23(29-22(17)30-13-26-19-7-3-4-8-21(19)30)27-14-9-10-16-15-5-1-2-6-18(15)28-20(16)11-14/h3-4,7-13,28H,1-2,5-6H2,(H,25,27,29). The largest absolute Gasteiger partial charge is 0.358 e. The fourth-order valence-corrected chi connectivity index (χ4v) is 4.34.